The molecule has 0 heterocycles. The van der Waals surface area contributed by atoms with Gasteiger partial charge in [0, 0.05) is 25.2 Å². The number of methoxy groups -OCH3 is 1. The van der Waals surface area contributed by atoms with Gasteiger partial charge in [-0.3, -0.25) is 4.79 Å². The number of carbonyl (C=O) groups is 2. The summed E-state index contributed by atoms with van der Waals surface area (Å²) in [4.78, 5) is 23.6. The van der Waals surface area contributed by atoms with Crippen molar-refractivity contribution in [2.24, 2.45) is 0 Å². The van der Waals surface area contributed by atoms with E-state index >= 15 is 0 Å². The summed E-state index contributed by atoms with van der Waals surface area (Å²) < 4.78 is 4.86. The average Bonchev–Trinajstić information content (AvgIpc) is 2.42. The molecule has 0 bridgehead atoms. The lowest BCUT2D eigenvalue weighted by Gasteiger charge is -2.26. The highest BCUT2D eigenvalue weighted by molar-refractivity contribution is 6.30. The van der Waals surface area contributed by atoms with E-state index in [9.17, 15) is 9.59 Å². The molecule has 0 saturated heterocycles. The summed E-state index contributed by atoms with van der Waals surface area (Å²) >= 11 is 5.94. The van der Waals surface area contributed by atoms with E-state index in [1.54, 1.807) is 38.1 Å². The molecule has 0 saturated carbocycles. The van der Waals surface area contributed by atoms with Gasteiger partial charge < -0.3 is 15.2 Å². The van der Waals surface area contributed by atoms with Crippen LogP contribution in [0.2, 0.25) is 5.02 Å². The van der Waals surface area contributed by atoms with Gasteiger partial charge in [0.15, 0.2) is 0 Å². The second-order valence-electron chi connectivity index (χ2n) is 5.28. The molecule has 0 spiro atoms. The van der Waals surface area contributed by atoms with Crippen molar-refractivity contribution >= 4 is 23.5 Å². The van der Waals surface area contributed by atoms with Crippen LogP contribution in [0.15, 0.2) is 24.3 Å². The lowest BCUT2D eigenvalue weighted by molar-refractivity contribution is -0.143. The summed E-state index contributed by atoms with van der Waals surface area (Å²) in [6.07, 6.45) is 0.212. The number of hydrogen-bond acceptors (Lipinski definition) is 3. The first kappa shape index (κ1) is 17.5. The maximum absolute atomic E-state index is 12.4. The van der Waals surface area contributed by atoms with Crippen LogP contribution < -0.4 is 5.32 Å². The van der Waals surface area contributed by atoms with E-state index in [2.05, 4.69) is 5.32 Å². The van der Waals surface area contributed by atoms with Gasteiger partial charge in [0.2, 0.25) is 5.91 Å². The van der Waals surface area contributed by atoms with Gasteiger partial charge in [0.25, 0.3) is 0 Å². The number of ether oxygens (including phenoxy) is 1. The largest absolute Gasteiger partial charge is 0.480 e. The van der Waals surface area contributed by atoms with Crippen molar-refractivity contribution in [3.05, 3.63) is 34.9 Å². The quantitative estimate of drug-likeness (QED) is 0.809. The number of benzene rings is 1. The van der Waals surface area contributed by atoms with E-state index in [1.807, 2.05) is 0 Å². The zero-order chi connectivity index (χ0) is 16.0. The number of nitrogens with one attached hydrogen (secondary N) is 1. The highest BCUT2D eigenvalue weighted by atomic mass is 35.5. The number of rotatable bonds is 7. The molecule has 1 atom stereocenters. The first-order valence-electron chi connectivity index (χ1n) is 6.57. The molecule has 1 amide bonds. The Hall–Kier alpha value is -1.59. The molecule has 0 aliphatic carbocycles. The van der Waals surface area contributed by atoms with Gasteiger partial charge in [-0.1, -0.05) is 23.7 Å². The van der Waals surface area contributed by atoms with E-state index in [0.29, 0.717) is 5.02 Å². The standard InChI is InChI=1S/C15H20ClNO4/c1-15(2,10-5-4-6-11(16)9-10)14(20)17-12(13(18)19)7-8-21-3/h4-6,9,12H,7-8H2,1-3H3,(H,17,20)(H,18,19). The van der Waals surface area contributed by atoms with Crippen molar-refractivity contribution in [3.8, 4) is 0 Å². The Morgan fingerprint density at radius 2 is 2.10 bits per heavy atom. The molecule has 2 N–H and O–H groups in total. The van der Waals surface area contributed by atoms with Crippen molar-refractivity contribution in [1.82, 2.24) is 5.32 Å². The summed E-state index contributed by atoms with van der Waals surface area (Å²) in [5.41, 5.74) is -0.158. The minimum absolute atomic E-state index is 0.212. The Morgan fingerprint density at radius 3 is 2.62 bits per heavy atom. The lowest BCUT2D eigenvalue weighted by Crippen LogP contribution is -2.48. The van der Waals surface area contributed by atoms with E-state index in [1.165, 1.54) is 7.11 Å². The summed E-state index contributed by atoms with van der Waals surface area (Å²) in [6, 6.07) is 5.99. The number of carboxylic acid groups (broad SMARTS) is 1. The highest BCUT2D eigenvalue weighted by Gasteiger charge is 2.33. The number of halogens is 1. The summed E-state index contributed by atoms with van der Waals surface area (Å²) in [5, 5.41) is 12.2. The van der Waals surface area contributed by atoms with Crippen molar-refractivity contribution in [2.75, 3.05) is 13.7 Å². The molecule has 21 heavy (non-hydrogen) atoms. The molecule has 1 rings (SSSR count). The average molecular weight is 314 g/mol. The van der Waals surface area contributed by atoms with Crippen LogP contribution in [0.3, 0.4) is 0 Å². The molecule has 1 aromatic rings. The lowest BCUT2D eigenvalue weighted by atomic mass is 9.83. The first-order chi connectivity index (χ1) is 9.78. The summed E-state index contributed by atoms with van der Waals surface area (Å²) in [7, 11) is 1.48. The van der Waals surface area contributed by atoms with E-state index < -0.39 is 17.4 Å². The molecule has 1 unspecified atom stereocenters. The van der Waals surface area contributed by atoms with Gasteiger partial charge in [-0.25, -0.2) is 4.79 Å². The SMILES string of the molecule is COCCC(NC(=O)C(C)(C)c1cccc(Cl)c1)C(=O)O. The van der Waals surface area contributed by atoms with Gasteiger partial charge in [-0.2, -0.15) is 0 Å². The van der Waals surface area contributed by atoms with Crippen molar-refractivity contribution < 1.29 is 19.4 Å². The molecule has 116 valence electrons. The summed E-state index contributed by atoms with van der Waals surface area (Å²) in [5.74, 6) is -1.45. The number of aliphatic carboxylic acids is 1. The van der Waals surface area contributed by atoms with E-state index in [-0.39, 0.29) is 18.9 Å². The van der Waals surface area contributed by atoms with Crippen molar-refractivity contribution in [1.29, 1.82) is 0 Å². The third-order valence-corrected chi connectivity index (χ3v) is 3.56. The predicted molar refractivity (Wildman–Crippen MR) is 80.5 cm³/mol. The molecule has 0 fully saturated rings. The normalized spacial score (nSPS) is 12.8. The Kier molecular flexibility index (Phi) is 6.18. The fourth-order valence-corrected chi connectivity index (χ4v) is 2.03. The second kappa shape index (κ2) is 7.43. The van der Waals surface area contributed by atoms with Crippen LogP contribution in [0.5, 0.6) is 0 Å². The molecule has 6 heteroatoms. The van der Waals surface area contributed by atoms with Gasteiger partial charge >= 0.3 is 5.97 Å². The maximum atomic E-state index is 12.4. The number of amides is 1. The Morgan fingerprint density at radius 1 is 1.43 bits per heavy atom. The van der Waals surface area contributed by atoms with E-state index in [0.717, 1.165) is 5.56 Å². The minimum Gasteiger partial charge on any atom is -0.480 e. The van der Waals surface area contributed by atoms with Crippen molar-refractivity contribution in [2.45, 2.75) is 31.7 Å². The van der Waals surface area contributed by atoms with Gasteiger partial charge in [-0.15, -0.1) is 0 Å². The topological polar surface area (TPSA) is 75.6 Å². The van der Waals surface area contributed by atoms with Crippen LogP contribution >= 0.6 is 11.6 Å². The van der Waals surface area contributed by atoms with Gasteiger partial charge in [0.1, 0.15) is 6.04 Å². The number of carboxylic acids is 1. The maximum Gasteiger partial charge on any atom is 0.326 e. The molecule has 5 nitrogen and oxygen atoms in total. The molecule has 0 aliphatic heterocycles. The van der Waals surface area contributed by atoms with Crippen LogP contribution in [-0.4, -0.2) is 36.7 Å². The van der Waals surface area contributed by atoms with Crippen LogP contribution in [0.25, 0.3) is 0 Å². The smallest absolute Gasteiger partial charge is 0.326 e. The molecule has 0 aromatic heterocycles. The molecule has 1 aromatic carbocycles. The zero-order valence-electron chi connectivity index (χ0n) is 12.4. The van der Waals surface area contributed by atoms with Crippen molar-refractivity contribution in [3.63, 3.8) is 0 Å². The third-order valence-electron chi connectivity index (χ3n) is 3.33. The van der Waals surface area contributed by atoms with Gasteiger partial charge in [-0.05, 0) is 31.5 Å². The monoisotopic (exact) mass is 313 g/mol. The fourth-order valence-electron chi connectivity index (χ4n) is 1.84. The third kappa shape index (κ3) is 4.72. The van der Waals surface area contributed by atoms with Crippen LogP contribution in [0.1, 0.15) is 25.8 Å². The number of hydrogen-bond donors (Lipinski definition) is 2. The molecule has 0 aliphatic rings. The van der Waals surface area contributed by atoms with Crippen LogP contribution in [-0.2, 0) is 19.7 Å². The zero-order valence-corrected chi connectivity index (χ0v) is 13.1. The predicted octanol–water partition coefficient (Wildman–Crippen LogP) is 2.22. The molecule has 0 radical (unpaired) electrons. The van der Waals surface area contributed by atoms with E-state index in [4.69, 9.17) is 21.4 Å². The van der Waals surface area contributed by atoms with Crippen LogP contribution in [0, 0.1) is 0 Å². The Labute approximate surface area is 129 Å². The Balaban J connectivity index is 2.87. The highest BCUT2D eigenvalue weighted by Crippen LogP contribution is 2.26. The fraction of sp³-hybridized carbons (Fsp3) is 0.467. The second-order valence-corrected chi connectivity index (χ2v) is 5.72. The molecular formula is C15H20ClNO4. The molecular weight excluding hydrogens is 294 g/mol. The minimum atomic E-state index is -1.08. The van der Waals surface area contributed by atoms with Crippen LogP contribution in [0.4, 0.5) is 0 Å². The van der Waals surface area contributed by atoms with Gasteiger partial charge in [0.05, 0.1) is 5.41 Å². The summed E-state index contributed by atoms with van der Waals surface area (Å²) in [6.45, 7) is 3.71. The number of carbonyl (C=O) groups excluding carboxylic acids is 1. The Bertz CT molecular complexity index is 516. The first-order valence-corrected chi connectivity index (χ1v) is 6.95.